The van der Waals surface area contributed by atoms with Gasteiger partial charge in [0, 0.05) is 19.4 Å². The van der Waals surface area contributed by atoms with Crippen LogP contribution in [0.15, 0.2) is 65.8 Å². The lowest BCUT2D eigenvalue weighted by atomic mass is 10.1. The Balaban J connectivity index is 2.04. The third-order valence-corrected chi connectivity index (χ3v) is 6.42. The molecule has 0 atom stereocenters. The highest BCUT2D eigenvalue weighted by Gasteiger charge is 2.26. The molecule has 164 valence electrons. The molecule has 9 heteroatoms. The highest BCUT2D eigenvalue weighted by atomic mass is 35.5. The average molecular weight is 462 g/mol. The summed E-state index contributed by atoms with van der Waals surface area (Å²) in [5, 5.41) is -0.109. The fourth-order valence-electron chi connectivity index (χ4n) is 2.95. The minimum Gasteiger partial charge on any atom is -0.444 e. The maximum Gasteiger partial charge on any atom is 0.410 e. The van der Waals surface area contributed by atoms with Crippen LogP contribution in [0.25, 0.3) is 11.3 Å². The third kappa shape index (κ3) is 5.26. The average Bonchev–Trinajstić information content (AvgIpc) is 3.12. The molecule has 0 unspecified atom stereocenters. The lowest BCUT2D eigenvalue weighted by Gasteiger charge is -2.24. The van der Waals surface area contributed by atoms with E-state index in [1.54, 1.807) is 33.9 Å². The van der Waals surface area contributed by atoms with Crippen molar-refractivity contribution in [1.29, 1.82) is 0 Å². The molecule has 0 bridgehead atoms. The molecule has 3 rings (SSSR count). The summed E-state index contributed by atoms with van der Waals surface area (Å²) in [6, 6.07) is 13.8. The van der Waals surface area contributed by atoms with Crippen LogP contribution in [0.2, 0.25) is 5.15 Å². The second-order valence-electron chi connectivity index (χ2n) is 8.03. The minimum absolute atomic E-state index is 0.100. The molecule has 3 aromatic rings. The predicted octanol–water partition coefficient (Wildman–Crippen LogP) is 4.81. The normalized spacial score (nSPS) is 11.9. The molecule has 2 aromatic heterocycles. The third-order valence-electron chi connectivity index (χ3n) is 4.30. The van der Waals surface area contributed by atoms with E-state index < -0.39 is 21.7 Å². The van der Waals surface area contributed by atoms with Crippen molar-refractivity contribution in [3.05, 3.63) is 71.6 Å². The predicted molar refractivity (Wildman–Crippen MR) is 119 cm³/mol. The molecule has 31 heavy (non-hydrogen) atoms. The van der Waals surface area contributed by atoms with Crippen LogP contribution in [0.5, 0.6) is 0 Å². The van der Waals surface area contributed by atoms with Crippen molar-refractivity contribution in [2.45, 2.75) is 37.8 Å². The number of aromatic nitrogens is 2. The highest BCUT2D eigenvalue weighted by molar-refractivity contribution is 7.90. The van der Waals surface area contributed by atoms with Gasteiger partial charge in [0.1, 0.15) is 15.6 Å². The molecule has 0 saturated heterocycles. The van der Waals surface area contributed by atoms with Crippen LogP contribution < -0.4 is 0 Å². The zero-order valence-corrected chi connectivity index (χ0v) is 19.3. The molecule has 0 aliphatic heterocycles. The second-order valence-corrected chi connectivity index (χ2v) is 10.2. The van der Waals surface area contributed by atoms with Crippen molar-refractivity contribution in [1.82, 2.24) is 13.9 Å². The minimum atomic E-state index is -4.02. The van der Waals surface area contributed by atoms with E-state index in [0.717, 1.165) is 0 Å². The van der Waals surface area contributed by atoms with Crippen molar-refractivity contribution in [3.8, 4) is 11.3 Å². The van der Waals surface area contributed by atoms with Crippen molar-refractivity contribution < 1.29 is 17.9 Å². The van der Waals surface area contributed by atoms with E-state index in [-0.39, 0.29) is 16.6 Å². The first-order valence-electron chi connectivity index (χ1n) is 9.56. The van der Waals surface area contributed by atoms with Crippen molar-refractivity contribution in [3.63, 3.8) is 0 Å². The van der Waals surface area contributed by atoms with Crippen LogP contribution >= 0.6 is 11.6 Å². The Kier molecular flexibility index (Phi) is 6.43. The first kappa shape index (κ1) is 22.8. The number of nitrogens with zero attached hydrogens (tertiary/aromatic N) is 3. The summed E-state index contributed by atoms with van der Waals surface area (Å²) in [7, 11) is -2.43. The summed E-state index contributed by atoms with van der Waals surface area (Å²) in [6.45, 7) is 5.52. The number of carbonyl (C=O) groups is 1. The van der Waals surface area contributed by atoms with Gasteiger partial charge in [0.05, 0.1) is 12.2 Å². The van der Waals surface area contributed by atoms with Gasteiger partial charge in [-0.25, -0.2) is 22.2 Å². The maximum atomic E-state index is 13.4. The monoisotopic (exact) mass is 461 g/mol. The van der Waals surface area contributed by atoms with E-state index in [2.05, 4.69) is 4.98 Å². The Hall–Kier alpha value is -2.84. The number of hydrogen-bond acceptors (Lipinski definition) is 5. The molecule has 0 spiro atoms. The Morgan fingerprint density at radius 3 is 2.45 bits per heavy atom. The van der Waals surface area contributed by atoms with Crippen LogP contribution in [0.4, 0.5) is 4.79 Å². The summed E-state index contributed by atoms with van der Waals surface area (Å²) >= 11 is 6.08. The number of benzene rings is 1. The molecule has 2 heterocycles. The van der Waals surface area contributed by atoms with Crippen LogP contribution in [-0.4, -0.2) is 41.0 Å². The van der Waals surface area contributed by atoms with Gasteiger partial charge < -0.3 is 9.64 Å². The lowest BCUT2D eigenvalue weighted by molar-refractivity contribution is 0.0285. The highest BCUT2D eigenvalue weighted by Crippen LogP contribution is 2.29. The Morgan fingerprint density at radius 1 is 1.16 bits per heavy atom. The molecule has 1 aromatic carbocycles. The Morgan fingerprint density at radius 2 is 1.84 bits per heavy atom. The Bertz CT molecular complexity index is 1180. The molecule has 1 amide bonds. The number of carbonyl (C=O) groups excluding carboxylic acids is 1. The molecule has 0 radical (unpaired) electrons. The smallest absolute Gasteiger partial charge is 0.410 e. The summed E-state index contributed by atoms with van der Waals surface area (Å²) in [6.07, 6.45) is 2.41. The van der Waals surface area contributed by atoms with Crippen molar-refractivity contribution >= 4 is 27.7 Å². The quantitative estimate of drug-likeness (QED) is 0.509. The summed E-state index contributed by atoms with van der Waals surface area (Å²) in [5.74, 6) is 0. The zero-order valence-electron chi connectivity index (χ0n) is 17.7. The fourth-order valence-corrected chi connectivity index (χ4v) is 4.78. The van der Waals surface area contributed by atoms with Crippen LogP contribution in [0.1, 0.15) is 26.3 Å². The number of hydrogen-bond donors (Lipinski definition) is 0. The molecule has 0 aliphatic rings. The van der Waals surface area contributed by atoms with Gasteiger partial charge >= 0.3 is 6.09 Å². The van der Waals surface area contributed by atoms with E-state index in [1.807, 2.05) is 30.3 Å². The molecule has 0 fully saturated rings. The van der Waals surface area contributed by atoms with Crippen molar-refractivity contribution in [2.75, 3.05) is 7.05 Å². The second kappa shape index (κ2) is 8.72. The van der Waals surface area contributed by atoms with Gasteiger partial charge in [-0.3, -0.25) is 0 Å². The molecule has 0 saturated carbocycles. The van der Waals surface area contributed by atoms with Crippen LogP contribution in [0.3, 0.4) is 0 Å². The van der Waals surface area contributed by atoms with E-state index in [0.29, 0.717) is 16.8 Å². The fraction of sp³-hybridized carbons (Fsp3) is 0.273. The number of pyridine rings is 1. The standard InChI is InChI=1S/C22H24ClN3O4S/c1-22(2,3)30-21(27)25(4)14-16-13-18(17-9-6-5-7-10-17)26(15-16)31(28,29)19-11-8-12-24-20(19)23/h5-13,15H,14H2,1-4H3. The van der Waals surface area contributed by atoms with Gasteiger partial charge in [0.2, 0.25) is 0 Å². The molecule has 0 N–H and O–H groups in total. The number of rotatable bonds is 5. The SMILES string of the molecule is CN(Cc1cc(-c2ccccc2)n(S(=O)(=O)c2cccnc2Cl)c1)C(=O)OC(C)(C)C. The molecule has 0 aliphatic carbocycles. The van der Waals surface area contributed by atoms with Crippen LogP contribution in [0, 0.1) is 0 Å². The molecular weight excluding hydrogens is 438 g/mol. The number of amides is 1. The van der Waals surface area contributed by atoms with E-state index in [4.69, 9.17) is 16.3 Å². The number of ether oxygens (including phenoxy) is 1. The lowest BCUT2D eigenvalue weighted by Crippen LogP contribution is -2.33. The molecule has 7 nitrogen and oxygen atoms in total. The number of halogens is 1. The maximum absolute atomic E-state index is 13.4. The van der Waals surface area contributed by atoms with Gasteiger partial charge in [0.25, 0.3) is 10.0 Å². The van der Waals surface area contributed by atoms with Gasteiger partial charge in [-0.15, -0.1) is 0 Å². The summed E-state index contributed by atoms with van der Waals surface area (Å²) in [5.41, 5.74) is 1.15. The summed E-state index contributed by atoms with van der Waals surface area (Å²) < 4.78 is 33.4. The van der Waals surface area contributed by atoms with Gasteiger partial charge in [-0.2, -0.15) is 0 Å². The van der Waals surface area contributed by atoms with Gasteiger partial charge in [0.15, 0.2) is 0 Å². The van der Waals surface area contributed by atoms with Crippen LogP contribution in [-0.2, 0) is 21.3 Å². The largest absolute Gasteiger partial charge is 0.444 e. The van der Waals surface area contributed by atoms with Crippen molar-refractivity contribution in [2.24, 2.45) is 0 Å². The Labute approximate surface area is 187 Å². The van der Waals surface area contributed by atoms with E-state index in [9.17, 15) is 13.2 Å². The van der Waals surface area contributed by atoms with E-state index in [1.165, 1.54) is 33.4 Å². The zero-order chi connectivity index (χ0) is 22.8. The molecular formula is C22H24ClN3O4S. The van der Waals surface area contributed by atoms with E-state index >= 15 is 0 Å². The topological polar surface area (TPSA) is 81.5 Å². The summed E-state index contributed by atoms with van der Waals surface area (Å²) in [4.78, 5) is 17.5. The van der Waals surface area contributed by atoms with Gasteiger partial charge in [-0.1, -0.05) is 41.9 Å². The van der Waals surface area contributed by atoms with Gasteiger partial charge in [-0.05, 0) is 50.1 Å². The first-order chi connectivity index (χ1) is 14.5. The first-order valence-corrected chi connectivity index (χ1v) is 11.4.